The third-order valence-corrected chi connectivity index (χ3v) is 4.18. The normalized spacial score (nSPS) is 30.4. The molecule has 4 heteroatoms. The van der Waals surface area contributed by atoms with Gasteiger partial charge in [-0.3, -0.25) is 0 Å². The van der Waals surface area contributed by atoms with Gasteiger partial charge in [0, 0.05) is 12.5 Å². The first-order valence-electron chi connectivity index (χ1n) is 6.57. The lowest BCUT2D eigenvalue weighted by Crippen LogP contribution is -2.53. The molecule has 0 saturated carbocycles. The molecule has 0 radical (unpaired) electrons. The van der Waals surface area contributed by atoms with E-state index in [1.807, 2.05) is 36.4 Å². The number of carboxylic acid groups (broad SMARTS) is 1. The van der Waals surface area contributed by atoms with Crippen LogP contribution in [0.5, 0.6) is 0 Å². The maximum absolute atomic E-state index is 11.3. The topological polar surface area (TPSA) is 60.8 Å². The molecule has 0 aromatic heterocycles. The minimum absolute atomic E-state index is 0.0535. The van der Waals surface area contributed by atoms with Crippen molar-refractivity contribution in [1.82, 2.24) is 4.90 Å². The zero-order chi connectivity index (χ0) is 13.4. The van der Waals surface area contributed by atoms with E-state index in [9.17, 15) is 15.0 Å². The largest absolute Gasteiger partial charge is 0.465 e. The van der Waals surface area contributed by atoms with Crippen molar-refractivity contribution in [2.24, 2.45) is 11.8 Å². The van der Waals surface area contributed by atoms with Gasteiger partial charge in [0.25, 0.3) is 0 Å². The number of rotatable bonds is 2. The molecule has 1 fully saturated rings. The van der Waals surface area contributed by atoms with Gasteiger partial charge in [-0.05, 0) is 17.9 Å². The highest BCUT2D eigenvalue weighted by Crippen LogP contribution is 2.41. The summed E-state index contributed by atoms with van der Waals surface area (Å²) in [5, 5.41) is 19.8. The first-order valence-corrected chi connectivity index (χ1v) is 6.57. The van der Waals surface area contributed by atoms with E-state index in [1.54, 1.807) is 0 Å². The minimum Gasteiger partial charge on any atom is -0.465 e. The van der Waals surface area contributed by atoms with E-state index >= 15 is 0 Å². The Morgan fingerprint density at radius 1 is 1.26 bits per heavy atom. The van der Waals surface area contributed by atoms with Gasteiger partial charge in [0.2, 0.25) is 0 Å². The molecule has 100 valence electrons. The molecule has 2 bridgehead atoms. The van der Waals surface area contributed by atoms with E-state index in [2.05, 4.69) is 6.08 Å². The van der Waals surface area contributed by atoms with Gasteiger partial charge in [-0.2, -0.15) is 0 Å². The summed E-state index contributed by atoms with van der Waals surface area (Å²) in [5.74, 6) is 0.173. The number of hydrogen-bond acceptors (Lipinski definition) is 2. The molecule has 1 aromatic rings. The van der Waals surface area contributed by atoms with Gasteiger partial charge in [-0.25, -0.2) is 4.79 Å². The third kappa shape index (κ3) is 2.12. The van der Waals surface area contributed by atoms with Crippen LogP contribution in [0.2, 0.25) is 0 Å². The van der Waals surface area contributed by atoms with Crippen LogP contribution in [0.4, 0.5) is 4.79 Å². The van der Waals surface area contributed by atoms with Crippen LogP contribution in [-0.2, 0) is 0 Å². The predicted octanol–water partition coefficient (Wildman–Crippen LogP) is 2.27. The lowest BCUT2D eigenvalue weighted by atomic mass is 9.74. The fourth-order valence-electron chi connectivity index (χ4n) is 3.24. The Balaban J connectivity index is 1.86. The quantitative estimate of drug-likeness (QED) is 0.801. The summed E-state index contributed by atoms with van der Waals surface area (Å²) in [4.78, 5) is 12.7. The fourth-order valence-corrected chi connectivity index (χ4v) is 3.24. The molecule has 4 rings (SSSR count). The van der Waals surface area contributed by atoms with E-state index in [4.69, 9.17) is 0 Å². The predicted molar refractivity (Wildman–Crippen MR) is 70.7 cm³/mol. The zero-order valence-corrected chi connectivity index (χ0v) is 10.5. The molecule has 4 atom stereocenters. The van der Waals surface area contributed by atoms with Gasteiger partial charge in [0.15, 0.2) is 0 Å². The first-order chi connectivity index (χ1) is 9.16. The molecule has 1 saturated heterocycles. The number of carbonyl (C=O) groups is 1. The number of fused-ring (bicyclic) bond motifs is 2. The fraction of sp³-hybridized carbons (Fsp3) is 0.400. The van der Waals surface area contributed by atoms with Gasteiger partial charge in [-0.1, -0.05) is 42.5 Å². The summed E-state index contributed by atoms with van der Waals surface area (Å²) in [6, 6.07) is 9.27. The third-order valence-electron chi connectivity index (χ3n) is 4.18. The number of hydrogen-bond donors (Lipinski definition) is 2. The van der Waals surface area contributed by atoms with Crippen molar-refractivity contribution in [3.05, 3.63) is 48.0 Å². The van der Waals surface area contributed by atoms with Crippen molar-refractivity contribution in [1.29, 1.82) is 0 Å². The van der Waals surface area contributed by atoms with Gasteiger partial charge in [0.05, 0.1) is 12.1 Å². The van der Waals surface area contributed by atoms with Gasteiger partial charge in [-0.15, -0.1) is 0 Å². The molecular formula is C15H17NO3. The molecule has 4 nitrogen and oxygen atoms in total. The standard InChI is InChI=1S/C15H17NO3/c17-14(11-4-2-1-3-5-11)12-8-10-6-7-13(12)16(9-10)15(18)19/h1-7,10,12-14,17H,8-9H2,(H,18,19). The molecule has 1 aromatic carbocycles. The maximum atomic E-state index is 11.3. The summed E-state index contributed by atoms with van der Waals surface area (Å²) in [5.41, 5.74) is 0.860. The summed E-state index contributed by atoms with van der Waals surface area (Å²) < 4.78 is 0. The highest BCUT2D eigenvalue weighted by Gasteiger charge is 2.43. The zero-order valence-electron chi connectivity index (χ0n) is 10.5. The van der Waals surface area contributed by atoms with Gasteiger partial charge < -0.3 is 15.1 Å². The Morgan fingerprint density at radius 2 is 2.00 bits per heavy atom. The Hall–Kier alpha value is -1.81. The summed E-state index contributed by atoms with van der Waals surface area (Å²) in [6.07, 6.45) is 3.35. The Labute approximate surface area is 112 Å². The van der Waals surface area contributed by atoms with Crippen molar-refractivity contribution in [3.63, 3.8) is 0 Å². The average Bonchev–Trinajstić information content (AvgIpc) is 2.47. The Kier molecular flexibility index (Phi) is 3.03. The second kappa shape index (κ2) is 4.70. The smallest absolute Gasteiger partial charge is 0.407 e. The molecule has 1 amide bonds. The van der Waals surface area contributed by atoms with Crippen LogP contribution in [0.3, 0.4) is 0 Å². The maximum Gasteiger partial charge on any atom is 0.407 e. The number of aliphatic hydroxyl groups excluding tert-OH is 1. The van der Waals surface area contributed by atoms with E-state index in [-0.39, 0.29) is 17.9 Å². The van der Waals surface area contributed by atoms with Gasteiger partial charge in [0.1, 0.15) is 0 Å². The van der Waals surface area contributed by atoms with Crippen LogP contribution in [-0.4, -0.2) is 33.8 Å². The highest BCUT2D eigenvalue weighted by molar-refractivity contribution is 5.66. The number of benzene rings is 1. The van der Waals surface area contributed by atoms with Crippen molar-refractivity contribution in [2.75, 3.05) is 6.54 Å². The molecule has 2 aliphatic heterocycles. The van der Waals surface area contributed by atoms with Gasteiger partial charge >= 0.3 is 6.09 Å². The Bertz CT molecular complexity index is 499. The van der Waals surface area contributed by atoms with Crippen molar-refractivity contribution in [3.8, 4) is 0 Å². The summed E-state index contributed by atoms with van der Waals surface area (Å²) >= 11 is 0. The van der Waals surface area contributed by atoms with Crippen LogP contribution in [0, 0.1) is 11.8 Å². The van der Waals surface area contributed by atoms with Crippen molar-refractivity contribution in [2.45, 2.75) is 18.6 Å². The molecule has 19 heavy (non-hydrogen) atoms. The summed E-state index contributed by atoms with van der Waals surface area (Å²) in [6.45, 7) is 0.550. The second-order valence-corrected chi connectivity index (χ2v) is 5.33. The van der Waals surface area contributed by atoms with E-state index in [0.29, 0.717) is 6.54 Å². The van der Waals surface area contributed by atoms with E-state index in [0.717, 1.165) is 12.0 Å². The van der Waals surface area contributed by atoms with Crippen LogP contribution in [0.15, 0.2) is 42.5 Å². The SMILES string of the molecule is O=C(O)N1CC2C=CC1C(C(O)c1ccccc1)C2. The first kappa shape index (κ1) is 12.2. The van der Waals surface area contributed by atoms with Crippen LogP contribution in [0.1, 0.15) is 18.1 Å². The molecule has 2 N–H and O–H groups in total. The van der Waals surface area contributed by atoms with E-state index < -0.39 is 12.2 Å². The molecular weight excluding hydrogens is 242 g/mol. The number of aliphatic hydroxyl groups is 1. The number of nitrogens with zero attached hydrogens (tertiary/aromatic N) is 1. The monoisotopic (exact) mass is 259 g/mol. The molecule has 2 heterocycles. The highest BCUT2D eigenvalue weighted by atomic mass is 16.4. The number of piperidine rings is 1. The average molecular weight is 259 g/mol. The van der Waals surface area contributed by atoms with Crippen LogP contribution < -0.4 is 0 Å². The Morgan fingerprint density at radius 3 is 2.63 bits per heavy atom. The van der Waals surface area contributed by atoms with E-state index in [1.165, 1.54) is 4.90 Å². The molecule has 1 aliphatic carbocycles. The molecule has 3 aliphatic rings. The lowest BCUT2D eigenvalue weighted by Gasteiger charge is -2.46. The van der Waals surface area contributed by atoms with Crippen LogP contribution in [0.25, 0.3) is 0 Å². The summed E-state index contributed by atoms with van der Waals surface area (Å²) in [7, 11) is 0. The van der Waals surface area contributed by atoms with Crippen LogP contribution >= 0.6 is 0 Å². The second-order valence-electron chi connectivity index (χ2n) is 5.33. The molecule has 4 unspecified atom stereocenters. The van der Waals surface area contributed by atoms with Crippen molar-refractivity contribution < 1.29 is 15.0 Å². The number of amides is 1. The lowest BCUT2D eigenvalue weighted by molar-refractivity contribution is 0.00538. The van der Waals surface area contributed by atoms with Crippen molar-refractivity contribution >= 4 is 6.09 Å². The minimum atomic E-state index is -0.899. The molecule has 0 spiro atoms.